The van der Waals surface area contributed by atoms with Gasteiger partial charge in [0.2, 0.25) is 11.8 Å². The van der Waals surface area contributed by atoms with Crippen molar-refractivity contribution in [3.8, 4) is 11.4 Å². The third kappa shape index (κ3) is 6.50. The first-order chi connectivity index (χ1) is 23.7. The summed E-state index contributed by atoms with van der Waals surface area (Å²) in [4.78, 5) is 47.9. The molecule has 0 spiro atoms. The molecule has 3 N–H and O–H groups in total. The first-order valence-electron chi connectivity index (χ1n) is 18.1. The standard InChI is InChI=1S/C39H47N7O3/c1-39(2)14-11-31-34(23-39)42-43-36(31)33-21-27-3-4-28(22-32(27)40-33)38(49)46-19-17-44(18-20-46)24-25-12-15-45(16-13-25)29-7-5-26(6-8-29)30-9-10-35(47)41-37(30)48/h3-8,21-22,25,30,40H,9-20,23-24H2,1-2H3,(H,42,43)(H,41,47,48)/t30-/m1/s1. The van der Waals surface area contributed by atoms with Gasteiger partial charge in [-0.05, 0) is 85.8 Å². The minimum atomic E-state index is -0.240. The average molecular weight is 662 g/mol. The largest absolute Gasteiger partial charge is 0.372 e. The molecular formula is C39H47N7O3. The fourth-order valence-corrected chi connectivity index (χ4v) is 8.44. The number of piperazine rings is 1. The summed E-state index contributed by atoms with van der Waals surface area (Å²) in [6, 6.07) is 16.5. The van der Waals surface area contributed by atoms with Gasteiger partial charge in [0.1, 0.15) is 5.69 Å². The van der Waals surface area contributed by atoms with Crippen molar-refractivity contribution >= 4 is 34.3 Å². The lowest BCUT2D eigenvalue weighted by Gasteiger charge is -2.39. The number of hydrogen-bond acceptors (Lipinski definition) is 6. The Bertz CT molecular complexity index is 1870. The zero-order chi connectivity index (χ0) is 33.7. The smallest absolute Gasteiger partial charge is 0.254 e. The summed E-state index contributed by atoms with van der Waals surface area (Å²) in [6.45, 7) is 11.1. The van der Waals surface area contributed by atoms with Gasteiger partial charge in [-0.1, -0.05) is 32.0 Å². The van der Waals surface area contributed by atoms with Gasteiger partial charge in [0.15, 0.2) is 0 Å². The van der Waals surface area contributed by atoms with E-state index in [4.69, 9.17) is 5.10 Å². The highest BCUT2D eigenvalue weighted by Crippen LogP contribution is 2.38. The quantitative estimate of drug-likeness (QED) is 0.243. The summed E-state index contributed by atoms with van der Waals surface area (Å²) < 4.78 is 0. The van der Waals surface area contributed by atoms with E-state index in [-0.39, 0.29) is 23.6 Å². The van der Waals surface area contributed by atoms with Crippen LogP contribution in [0, 0.1) is 11.3 Å². The first-order valence-corrected chi connectivity index (χ1v) is 18.1. The molecule has 10 heteroatoms. The Labute approximate surface area is 287 Å². The molecule has 256 valence electrons. The predicted octanol–water partition coefficient (Wildman–Crippen LogP) is 5.27. The Morgan fingerprint density at radius 1 is 0.918 bits per heavy atom. The third-order valence-corrected chi connectivity index (χ3v) is 11.5. The molecule has 4 aliphatic rings. The minimum Gasteiger partial charge on any atom is -0.372 e. The van der Waals surface area contributed by atoms with Gasteiger partial charge in [-0.2, -0.15) is 5.10 Å². The van der Waals surface area contributed by atoms with Crippen LogP contribution in [0.3, 0.4) is 0 Å². The van der Waals surface area contributed by atoms with Crippen LogP contribution in [0.2, 0.25) is 0 Å². The van der Waals surface area contributed by atoms with Crippen molar-refractivity contribution in [2.45, 2.75) is 64.7 Å². The van der Waals surface area contributed by atoms with Crippen molar-refractivity contribution in [3.05, 3.63) is 70.9 Å². The Hall–Kier alpha value is -4.44. The number of amides is 3. The fraction of sp³-hybridized carbons (Fsp3) is 0.487. The first kappa shape index (κ1) is 31.8. The topological polar surface area (TPSA) is 117 Å². The third-order valence-electron chi connectivity index (χ3n) is 11.5. The van der Waals surface area contributed by atoms with Gasteiger partial charge in [-0.15, -0.1) is 0 Å². The number of carbonyl (C=O) groups excluding carboxylic acids is 3. The van der Waals surface area contributed by atoms with Crippen molar-refractivity contribution in [2.24, 2.45) is 11.3 Å². The number of aromatic nitrogens is 3. The van der Waals surface area contributed by atoms with Crippen molar-refractivity contribution in [3.63, 3.8) is 0 Å². The van der Waals surface area contributed by atoms with Crippen molar-refractivity contribution in [1.82, 2.24) is 30.3 Å². The molecule has 0 unspecified atom stereocenters. The number of piperidine rings is 2. The van der Waals surface area contributed by atoms with Crippen molar-refractivity contribution < 1.29 is 14.4 Å². The van der Waals surface area contributed by atoms with E-state index in [1.165, 1.54) is 16.9 Å². The highest BCUT2D eigenvalue weighted by atomic mass is 16.2. The van der Waals surface area contributed by atoms with Gasteiger partial charge in [0, 0.05) is 85.6 Å². The van der Waals surface area contributed by atoms with Crippen LogP contribution >= 0.6 is 0 Å². The van der Waals surface area contributed by atoms with Crippen LogP contribution in [0.1, 0.15) is 79.0 Å². The Kier molecular flexibility index (Phi) is 8.30. The van der Waals surface area contributed by atoms with Crippen LogP contribution in [-0.2, 0) is 22.4 Å². The molecule has 1 atom stereocenters. The molecule has 3 saturated heterocycles. The van der Waals surface area contributed by atoms with E-state index < -0.39 is 0 Å². The van der Waals surface area contributed by atoms with Crippen molar-refractivity contribution in [2.75, 3.05) is 50.7 Å². The number of imide groups is 1. The lowest BCUT2D eigenvalue weighted by molar-refractivity contribution is -0.134. The average Bonchev–Trinajstić information content (AvgIpc) is 3.71. The molecule has 0 saturated carbocycles. The second-order valence-electron chi connectivity index (χ2n) is 15.5. The summed E-state index contributed by atoms with van der Waals surface area (Å²) in [5, 5.41) is 11.5. The molecule has 10 nitrogen and oxygen atoms in total. The molecule has 8 rings (SSSR count). The maximum Gasteiger partial charge on any atom is 0.254 e. The van der Waals surface area contributed by atoms with E-state index in [1.807, 2.05) is 29.2 Å². The molecule has 3 aliphatic heterocycles. The van der Waals surface area contributed by atoms with E-state index >= 15 is 0 Å². The molecule has 1 aliphatic carbocycles. The molecule has 0 bridgehead atoms. The summed E-state index contributed by atoms with van der Waals surface area (Å²) >= 11 is 0. The van der Waals surface area contributed by atoms with Crippen LogP contribution in [0.15, 0.2) is 48.5 Å². The molecule has 3 amide bonds. The lowest BCUT2D eigenvalue weighted by Crippen LogP contribution is -2.50. The number of carbonyl (C=O) groups is 3. The minimum absolute atomic E-state index is 0.106. The number of nitrogens with zero attached hydrogens (tertiary/aromatic N) is 4. The highest BCUT2D eigenvalue weighted by molar-refractivity contribution is 6.01. The molecule has 3 fully saturated rings. The SMILES string of the molecule is CC1(C)CCc2c(-c3cc4ccc(C(=O)N5CCN(CC6CCN(c7ccc([C@H]8CCC(=O)NC8=O)cc7)CC6)CC5)cc4[nH]3)n[nH]c2C1. The summed E-state index contributed by atoms with van der Waals surface area (Å²) in [5.74, 6) is 0.154. The summed E-state index contributed by atoms with van der Waals surface area (Å²) in [7, 11) is 0. The molecule has 2 aromatic heterocycles. The van der Waals surface area contributed by atoms with Crippen molar-refractivity contribution in [1.29, 1.82) is 0 Å². The molecule has 2 aromatic carbocycles. The van der Waals surface area contributed by atoms with E-state index in [2.05, 4.69) is 63.3 Å². The monoisotopic (exact) mass is 661 g/mol. The Balaban J connectivity index is 0.820. The number of rotatable bonds is 6. The molecule has 4 aromatic rings. The number of H-pyrrole nitrogens is 2. The number of hydrogen-bond donors (Lipinski definition) is 3. The number of fused-ring (bicyclic) bond motifs is 2. The zero-order valence-electron chi connectivity index (χ0n) is 28.7. The lowest BCUT2D eigenvalue weighted by atomic mass is 9.76. The number of benzene rings is 2. The van der Waals surface area contributed by atoms with Gasteiger partial charge in [0.05, 0.1) is 11.6 Å². The van der Waals surface area contributed by atoms with Gasteiger partial charge in [-0.3, -0.25) is 29.7 Å². The van der Waals surface area contributed by atoms with E-state index in [1.54, 1.807) is 0 Å². The van der Waals surface area contributed by atoms with Crippen LogP contribution in [-0.4, -0.2) is 88.5 Å². The number of nitrogens with one attached hydrogen (secondary N) is 3. The van der Waals surface area contributed by atoms with Gasteiger partial charge < -0.3 is 14.8 Å². The predicted molar refractivity (Wildman–Crippen MR) is 191 cm³/mol. The van der Waals surface area contributed by atoms with Gasteiger partial charge >= 0.3 is 0 Å². The number of anilines is 1. The van der Waals surface area contributed by atoms with E-state index in [9.17, 15) is 14.4 Å². The van der Waals surface area contributed by atoms with Gasteiger partial charge in [-0.25, -0.2) is 0 Å². The fourth-order valence-electron chi connectivity index (χ4n) is 8.44. The highest BCUT2D eigenvalue weighted by Gasteiger charge is 2.31. The molecule has 0 radical (unpaired) electrons. The van der Waals surface area contributed by atoms with Crippen LogP contribution in [0.25, 0.3) is 22.3 Å². The zero-order valence-corrected chi connectivity index (χ0v) is 28.7. The van der Waals surface area contributed by atoms with E-state index in [0.717, 1.165) is 111 Å². The van der Waals surface area contributed by atoms with Gasteiger partial charge in [0.25, 0.3) is 5.91 Å². The van der Waals surface area contributed by atoms with Crippen LogP contribution in [0.4, 0.5) is 5.69 Å². The van der Waals surface area contributed by atoms with Crippen LogP contribution < -0.4 is 10.2 Å². The summed E-state index contributed by atoms with van der Waals surface area (Å²) in [6.07, 6.45) is 6.47. The maximum atomic E-state index is 13.6. The Morgan fingerprint density at radius 3 is 2.45 bits per heavy atom. The molecule has 5 heterocycles. The summed E-state index contributed by atoms with van der Waals surface area (Å²) in [5.41, 5.74) is 8.78. The van der Waals surface area contributed by atoms with Crippen LogP contribution in [0.5, 0.6) is 0 Å². The molecular weight excluding hydrogens is 614 g/mol. The second-order valence-corrected chi connectivity index (χ2v) is 15.5. The number of aromatic amines is 2. The Morgan fingerprint density at radius 2 is 1.69 bits per heavy atom. The van der Waals surface area contributed by atoms with E-state index in [0.29, 0.717) is 24.2 Å². The normalized spacial score (nSPS) is 22.0. The maximum absolute atomic E-state index is 13.6. The second kappa shape index (κ2) is 12.8. The molecule has 49 heavy (non-hydrogen) atoms.